The van der Waals surface area contributed by atoms with Crippen molar-refractivity contribution in [2.45, 2.75) is 25.6 Å². The van der Waals surface area contributed by atoms with Gasteiger partial charge in [-0.15, -0.1) is 11.3 Å². The summed E-state index contributed by atoms with van der Waals surface area (Å²) in [6.45, 7) is 0.799. The highest BCUT2D eigenvalue weighted by atomic mass is 32.1. The van der Waals surface area contributed by atoms with Crippen LogP contribution in [-0.4, -0.2) is 23.5 Å². The molecular formula is C29H26N2O4S. The fourth-order valence-corrected chi connectivity index (χ4v) is 4.91. The van der Waals surface area contributed by atoms with Gasteiger partial charge in [-0.1, -0.05) is 72.8 Å². The molecule has 6 nitrogen and oxygen atoms in total. The van der Waals surface area contributed by atoms with Crippen molar-refractivity contribution in [3.05, 3.63) is 118 Å². The molecule has 0 saturated heterocycles. The number of ether oxygens (including phenoxy) is 2. The van der Waals surface area contributed by atoms with E-state index < -0.39 is 6.04 Å². The van der Waals surface area contributed by atoms with E-state index in [0.29, 0.717) is 18.0 Å². The molecule has 7 heteroatoms. The predicted octanol–water partition coefficient (Wildman–Crippen LogP) is 5.11. The lowest BCUT2D eigenvalue weighted by molar-refractivity contribution is -0.141. The van der Waals surface area contributed by atoms with E-state index in [1.54, 1.807) is 4.90 Å². The number of rotatable bonds is 9. The summed E-state index contributed by atoms with van der Waals surface area (Å²) >= 11 is 1.53. The minimum absolute atomic E-state index is 0.126. The predicted molar refractivity (Wildman–Crippen MR) is 139 cm³/mol. The van der Waals surface area contributed by atoms with Gasteiger partial charge in [-0.3, -0.25) is 9.59 Å². The minimum atomic E-state index is -0.798. The van der Waals surface area contributed by atoms with Crippen molar-refractivity contribution in [3.8, 4) is 11.5 Å². The third-order valence-corrected chi connectivity index (χ3v) is 6.88. The molecule has 2 heterocycles. The number of fused-ring (bicyclic) bond motifs is 1. The van der Waals surface area contributed by atoms with E-state index in [1.807, 2.05) is 96.4 Å². The Bertz CT molecular complexity index is 1310. The Hall–Kier alpha value is -4.10. The topological polar surface area (TPSA) is 67.9 Å². The largest absolute Gasteiger partial charge is 0.454 e. The summed E-state index contributed by atoms with van der Waals surface area (Å²) in [5.41, 5.74) is 2.60. The van der Waals surface area contributed by atoms with E-state index in [4.69, 9.17) is 9.47 Å². The van der Waals surface area contributed by atoms with Gasteiger partial charge in [0.2, 0.25) is 18.6 Å². The van der Waals surface area contributed by atoms with Crippen LogP contribution in [0.5, 0.6) is 11.5 Å². The molecule has 0 radical (unpaired) electrons. The van der Waals surface area contributed by atoms with E-state index in [2.05, 4.69) is 5.32 Å². The Balaban J connectivity index is 1.47. The van der Waals surface area contributed by atoms with Crippen molar-refractivity contribution in [3.63, 3.8) is 0 Å². The van der Waals surface area contributed by atoms with Crippen LogP contribution < -0.4 is 14.8 Å². The first kappa shape index (κ1) is 23.6. The molecule has 36 heavy (non-hydrogen) atoms. The molecule has 1 aliphatic rings. The van der Waals surface area contributed by atoms with E-state index in [-0.39, 0.29) is 31.6 Å². The lowest BCUT2D eigenvalue weighted by atomic mass is 10.0. The summed E-state index contributed by atoms with van der Waals surface area (Å²) in [6.07, 6.45) is 0.220. The highest BCUT2D eigenvalue weighted by Crippen LogP contribution is 2.34. The molecule has 1 unspecified atom stereocenters. The average molecular weight is 499 g/mol. The number of hydrogen-bond donors (Lipinski definition) is 1. The van der Waals surface area contributed by atoms with Crippen LogP contribution >= 0.6 is 11.3 Å². The molecule has 0 saturated carbocycles. The summed E-state index contributed by atoms with van der Waals surface area (Å²) < 4.78 is 11.0. The molecular weight excluding hydrogens is 472 g/mol. The van der Waals surface area contributed by atoms with Gasteiger partial charge in [0.1, 0.15) is 6.04 Å². The van der Waals surface area contributed by atoms with Crippen molar-refractivity contribution in [1.82, 2.24) is 10.2 Å². The molecule has 2 amide bonds. The second kappa shape index (κ2) is 11.1. The first-order valence-electron chi connectivity index (χ1n) is 11.7. The molecule has 1 aliphatic heterocycles. The van der Waals surface area contributed by atoms with Gasteiger partial charge in [0.15, 0.2) is 11.5 Å². The number of nitrogens with one attached hydrogen (secondary N) is 1. The number of thiophene rings is 1. The number of benzene rings is 3. The monoisotopic (exact) mass is 498 g/mol. The van der Waals surface area contributed by atoms with Crippen LogP contribution in [0, 0.1) is 0 Å². The van der Waals surface area contributed by atoms with Gasteiger partial charge in [-0.25, -0.2) is 0 Å². The molecule has 1 aromatic heterocycles. The van der Waals surface area contributed by atoms with E-state index in [1.165, 1.54) is 11.3 Å². The quantitative estimate of drug-likeness (QED) is 0.348. The second-order valence-corrected chi connectivity index (χ2v) is 9.51. The smallest absolute Gasteiger partial charge is 0.247 e. The molecule has 5 rings (SSSR count). The number of nitrogens with zero attached hydrogens (tertiary/aromatic N) is 1. The van der Waals surface area contributed by atoms with Crippen LogP contribution in [0.2, 0.25) is 0 Å². The molecule has 1 atom stereocenters. The van der Waals surface area contributed by atoms with Crippen LogP contribution in [0.4, 0.5) is 0 Å². The molecule has 1 N–H and O–H groups in total. The maximum Gasteiger partial charge on any atom is 0.247 e. The Kier molecular flexibility index (Phi) is 7.28. The van der Waals surface area contributed by atoms with Crippen molar-refractivity contribution in [2.75, 3.05) is 6.79 Å². The molecule has 0 spiro atoms. The van der Waals surface area contributed by atoms with Gasteiger partial charge in [-0.2, -0.15) is 0 Å². The molecule has 182 valence electrons. The lowest BCUT2D eigenvalue weighted by Crippen LogP contribution is -2.43. The van der Waals surface area contributed by atoms with Gasteiger partial charge in [0.25, 0.3) is 0 Å². The van der Waals surface area contributed by atoms with Crippen molar-refractivity contribution < 1.29 is 19.1 Å². The zero-order valence-corrected chi connectivity index (χ0v) is 20.4. The van der Waals surface area contributed by atoms with E-state index >= 15 is 0 Å². The van der Waals surface area contributed by atoms with Crippen molar-refractivity contribution in [2.24, 2.45) is 0 Å². The van der Waals surface area contributed by atoms with Crippen molar-refractivity contribution in [1.29, 1.82) is 0 Å². The van der Waals surface area contributed by atoms with Gasteiger partial charge >= 0.3 is 0 Å². The maximum absolute atomic E-state index is 13.7. The maximum atomic E-state index is 13.7. The Morgan fingerprint density at radius 3 is 2.36 bits per heavy atom. The van der Waals surface area contributed by atoms with Crippen LogP contribution in [0.3, 0.4) is 0 Å². The van der Waals surface area contributed by atoms with Crippen LogP contribution in [-0.2, 0) is 29.1 Å². The average Bonchev–Trinajstić information content (AvgIpc) is 3.60. The number of carbonyl (C=O) groups excluding carboxylic acids is 2. The van der Waals surface area contributed by atoms with E-state index in [0.717, 1.165) is 21.6 Å². The molecule has 0 bridgehead atoms. The minimum Gasteiger partial charge on any atom is -0.454 e. The highest BCUT2D eigenvalue weighted by molar-refractivity contribution is 7.10. The molecule has 0 aliphatic carbocycles. The third-order valence-electron chi connectivity index (χ3n) is 6.00. The van der Waals surface area contributed by atoms with Crippen molar-refractivity contribution >= 4 is 23.2 Å². The number of amides is 2. The Morgan fingerprint density at radius 2 is 1.61 bits per heavy atom. The van der Waals surface area contributed by atoms with E-state index in [9.17, 15) is 9.59 Å². The highest BCUT2D eigenvalue weighted by Gasteiger charge is 2.32. The standard InChI is InChI=1S/C29H26N2O4S/c32-27(17-24-12-7-15-36-24)31(19-22-13-14-25-26(16-22)35-20-34-25)28(23-10-5-2-6-11-23)29(33)30-18-21-8-3-1-4-9-21/h1-16,28H,17-20H2,(H,30,33). The van der Waals surface area contributed by atoms with Gasteiger partial charge in [0, 0.05) is 18.0 Å². The number of hydrogen-bond acceptors (Lipinski definition) is 5. The Labute approximate surface area is 214 Å². The summed E-state index contributed by atoms with van der Waals surface area (Å²) in [6, 6.07) is 27.9. The first-order valence-corrected chi connectivity index (χ1v) is 12.6. The normalized spacial score (nSPS) is 12.7. The van der Waals surface area contributed by atoms with Crippen LogP contribution in [0.1, 0.15) is 27.6 Å². The summed E-state index contributed by atoms with van der Waals surface area (Å²) in [5.74, 6) is 0.961. The Morgan fingerprint density at radius 1 is 0.861 bits per heavy atom. The van der Waals surface area contributed by atoms with Gasteiger partial charge in [-0.05, 0) is 40.3 Å². The zero-order valence-electron chi connectivity index (χ0n) is 19.6. The third kappa shape index (κ3) is 5.58. The number of carbonyl (C=O) groups is 2. The summed E-state index contributed by atoms with van der Waals surface area (Å²) in [7, 11) is 0. The first-order chi connectivity index (χ1) is 17.7. The fourth-order valence-electron chi connectivity index (χ4n) is 4.21. The van der Waals surface area contributed by atoms with Gasteiger partial charge < -0.3 is 19.7 Å². The molecule has 3 aromatic carbocycles. The van der Waals surface area contributed by atoms with Gasteiger partial charge in [0.05, 0.1) is 6.42 Å². The molecule has 0 fully saturated rings. The second-order valence-electron chi connectivity index (χ2n) is 8.48. The SMILES string of the molecule is O=C(NCc1ccccc1)C(c1ccccc1)N(Cc1ccc2c(c1)OCO2)C(=O)Cc1cccs1. The summed E-state index contributed by atoms with van der Waals surface area (Å²) in [5, 5.41) is 4.99. The van der Waals surface area contributed by atoms with Crippen LogP contribution in [0.25, 0.3) is 0 Å². The van der Waals surface area contributed by atoms with Crippen LogP contribution in [0.15, 0.2) is 96.4 Å². The molecule has 4 aromatic rings. The zero-order chi connectivity index (χ0) is 24.7. The lowest BCUT2D eigenvalue weighted by Gasteiger charge is -2.31. The fraction of sp³-hybridized carbons (Fsp3) is 0.172. The summed E-state index contributed by atoms with van der Waals surface area (Å²) in [4.78, 5) is 30.0.